The number of nitriles is 1. The molecular formula is C43H30N2Si. The average Bonchev–Trinajstić information content (AvgIpc) is 3.47. The third-order valence-corrected chi connectivity index (χ3v) is 14.1. The van der Waals surface area contributed by atoms with E-state index >= 15 is 0 Å². The van der Waals surface area contributed by atoms with Gasteiger partial charge in [0.2, 0.25) is 0 Å². The standard InChI is InChI=1S/C43H30N2Si/c44-31-39-35(26-16-29-42(39)45-40-27-13-10-23-36(40)37-24-11-14-28-41(37)45)38-25-12-15-30-43(38)46(32-17-4-1-5-18-32,33-19-6-2-7-20-33)34-21-8-3-9-22-34/h1-30H. The second kappa shape index (κ2) is 11.5. The number of aromatic nitrogens is 1. The maximum Gasteiger partial charge on any atom is 0.180 e. The van der Waals surface area contributed by atoms with E-state index in [0.717, 1.165) is 27.8 Å². The molecule has 0 unspecified atom stereocenters. The second-order valence-electron chi connectivity index (χ2n) is 11.6. The molecule has 1 heterocycles. The van der Waals surface area contributed by atoms with Crippen molar-refractivity contribution in [3.8, 4) is 22.9 Å². The van der Waals surface area contributed by atoms with E-state index in [1.165, 1.54) is 31.5 Å². The lowest BCUT2D eigenvalue weighted by atomic mass is 9.98. The van der Waals surface area contributed by atoms with Gasteiger partial charge in [0.1, 0.15) is 6.07 Å². The van der Waals surface area contributed by atoms with Crippen LogP contribution in [0.5, 0.6) is 0 Å². The molecule has 1 aromatic heterocycles. The third kappa shape index (κ3) is 4.23. The molecule has 8 rings (SSSR count). The maximum atomic E-state index is 11.0. The summed E-state index contributed by atoms with van der Waals surface area (Å²) in [6.07, 6.45) is 0. The molecule has 0 spiro atoms. The van der Waals surface area contributed by atoms with Crippen LogP contribution in [0.4, 0.5) is 0 Å². The van der Waals surface area contributed by atoms with E-state index in [2.05, 4.69) is 193 Å². The quantitative estimate of drug-likeness (QED) is 0.142. The minimum atomic E-state index is -2.85. The first-order valence-corrected chi connectivity index (χ1v) is 17.6. The zero-order valence-electron chi connectivity index (χ0n) is 25.2. The smallest absolute Gasteiger partial charge is 0.180 e. The molecule has 0 aliphatic heterocycles. The molecule has 2 nitrogen and oxygen atoms in total. The Morgan fingerprint density at radius 3 is 1.37 bits per heavy atom. The summed E-state index contributed by atoms with van der Waals surface area (Å²) in [5.41, 5.74) is 5.76. The van der Waals surface area contributed by atoms with Crippen LogP contribution >= 0.6 is 0 Å². The molecule has 0 N–H and O–H groups in total. The van der Waals surface area contributed by atoms with E-state index in [-0.39, 0.29) is 0 Å². The summed E-state index contributed by atoms with van der Waals surface area (Å²) >= 11 is 0. The normalized spacial score (nSPS) is 11.5. The van der Waals surface area contributed by atoms with Crippen molar-refractivity contribution in [2.24, 2.45) is 0 Å². The Kier molecular flexibility index (Phi) is 6.91. The van der Waals surface area contributed by atoms with Gasteiger partial charge in [0, 0.05) is 16.3 Å². The van der Waals surface area contributed by atoms with Gasteiger partial charge in [-0.15, -0.1) is 0 Å². The van der Waals surface area contributed by atoms with Gasteiger partial charge in [-0.05, 0) is 44.5 Å². The molecule has 0 atom stereocenters. The Balaban J connectivity index is 1.47. The van der Waals surface area contributed by atoms with E-state index in [1.54, 1.807) is 0 Å². The molecule has 0 aliphatic rings. The summed E-state index contributed by atoms with van der Waals surface area (Å²) < 4.78 is 2.26. The predicted molar refractivity (Wildman–Crippen MR) is 195 cm³/mol. The molecule has 0 aliphatic carbocycles. The van der Waals surface area contributed by atoms with Crippen molar-refractivity contribution in [1.29, 1.82) is 5.26 Å². The Hall–Kier alpha value is -5.95. The van der Waals surface area contributed by atoms with Crippen molar-refractivity contribution < 1.29 is 0 Å². The summed E-state index contributed by atoms with van der Waals surface area (Å²) in [5, 5.41) is 18.5. The number of rotatable bonds is 6. The zero-order chi connectivity index (χ0) is 30.9. The second-order valence-corrected chi connectivity index (χ2v) is 15.3. The topological polar surface area (TPSA) is 28.7 Å². The highest BCUT2D eigenvalue weighted by Crippen LogP contribution is 2.35. The SMILES string of the molecule is N#Cc1c(-c2ccccc2[Si](c2ccccc2)(c2ccccc2)c2ccccc2)cccc1-n1c2ccccc2c2ccccc21. The van der Waals surface area contributed by atoms with Crippen LogP contribution in [0.1, 0.15) is 5.56 Å². The fraction of sp³-hybridized carbons (Fsp3) is 0. The van der Waals surface area contributed by atoms with Crippen LogP contribution in [0, 0.1) is 11.3 Å². The lowest BCUT2D eigenvalue weighted by molar-refractivity contribution is 1.17. The highest BCUT2D eigenvalue weighted by molar-refractivity contribution is 7.20. The third-order valence-electron chi connectivity index (χ3n) is 9.22. The first-order valence-electron chi connectivity index (χ1n) is 15.6. The van der Waals surface area contributed by atoms with Gasteiger partial charge in [0.25, 0.3) is 0 Å². The average molecular weight is 603 g/mol. The van der Waals surface area contributed by atoms with Crippen LogP contribution in [0.15, 0.2) is 182 Å². The van der Waals surface area contributed by atoms with Gasteiger partial charge in [0.05, 0.1) is 22.3 Å². The Morgan fingerprint density at radius 1 is 0.413 bits per heavy atom. The molecule has 8 aromatic rings. The monoisotopic (exact) mass is 602 g/mol. The Morgan fingerprint density at radius 2 is 0.848 bits per heavy atom. The fourth-order valence-corrected chi connectivity index (χ4v) is 12.3. The molecule has 3 heteroatoms. The van der Waals surface area contributed by atoms with Gasteiger partial charge in [-0.2, -0.15) is 5.26 Å². The molecule has 0 saturated heterocycles. The van der Waals surface area contributed by atoms with Crippen molar-refractivity contribution in [3.05, 3.63) is 188 Å². The largest absolute Gasteiger partial charge is 0.308 e. The number of para-hydroxylation sites is 2. The molecule has 0 amide bonds. The van der Waals surface area contributed by atoms with Gasteiger partial charge in [0.15, 0.2) is 8.07 Å². The summed E-state index contributed by atoms with van der Waals surface area (Å²) in [6.45, 7) is 0. The van der Waals surface area contributed by atoms with E-state index in [0.29, 0.717) is 5.56 Å². The van der Waals surface area contributed by atoms with Crippen LogP contribution in [0.2, 0.25) is 0 Å². The van der Waals surface area contributed by atoms with Gasteiger partial charge < -0.3 is 4.57 Å². The van der Waals surface area contributed by atoms with Crippen LogP contribution in [0.25, 0.3) is 38.6 Å². The number of hydrogen-bond donors (Lipinski definition) is 0. The number of fused-ring (bicyclic) bond motifs is 3. The number of nitrogens with zero attached hydrogens (tertiary/aromatic N) is 2. The van der Waals surface area contributed by atoms with Crippen molar-refractivity contribution >= 4 is 50.6 Å². The molecular weight excluding hydrogens is 573 g/mol. The molecule has 216 valence electrons. The Bertz CT molecular complexity index is 2220. The minimum absolute atomic E-state index is 0.665. The Labute approximate surface area is 270 Å². The van der Waals surface area contributed by atoms with E-state index < -0.39 is 8.07 Å². The van der Waals surface area contributed by atoms with Crippen molar-refractivity contribution in [1.82, 2.24) is 4.57 Å². The highest BCUT2D eigenvalue weighted by Gasteiger charge is 2.43. The van der Waals surface area contributed by atoms with E-state index in [1.807, 2.05) is 0 Å². The predicted octanol–water partition coefficient (Wildman–Crippen LogP) is 7.70. The number of benzene rings is 7. The molecule has 46 heavy (non-hydrogen) atoms. The van der Waals surface area contributed by atoms with Crippen LogP contribution in [-0.2, 0) is 0 Å². The van der Waals surface area contributed by atoms with Crippen LogP contribution < -0.4 is 20.7 Å². The molecule has 0 radical (unpaired) electrons. The van der Waals surface area contributed by atoms with Gasteiger partial charge in [-0.3, -0.25) is 0 Å². The maximum absolute atomic E-state index is 11.0. The first kappa shape index (κ1) is 27.6. The van der Waals surface area contributed by atoms with Crippen molar-refractivity contribution in [2.45, 2.75) is 0 Å². The summed E-state index contributed by atoms with van der Waals surface area (Å²) in [5.74, 6) is 0. The summed E-state index contributed by atoms with van der Waals surface area (Å²) in [7, 11) is -2.85. The van der Waals surface area contributed by atoms with E-state index in [9.17, 15) is 5.26 Å². The summed E-state index contributed by atoms with van der Waals surface area (Å²) in [4.78, 5) is 0. The van der Waals surface area contributed by atoms with Gasteiger partial charge in [-0.25, -0.2) is 0 Å². The minimum Gasteiger partial charge on any atom is -0.308 e. The molecule has 0 saturated carbocycles. The molecule has 7 aromatic carbocycles. The van der Waals surface area contributed by atoms with Crippen molar-refractivity contribution in [3.63, 3.8) is 0 Å². The fourth-order valence-electron chi connectivity index (χ4n) is 7.33. The first-order chi connectivity index (χ1) is 22.8. The van der Waals surface area contributed by atoms with Gasteiger partial charge in [-0.1, -0.05) is 164 Å². The lowest BCUT2D eigenvalue weighted by Gasteiger charge is -2.36. The summed E-state index contributed by atoms with van der Waals surface area (Å²) in [6, 6.07) is 67.5. The molecule has 0 bridgehead atoms. The number of hydrogen-bond acceptors (Lipinski definition) is 1. The van der Waals surface area contributed by atoms with Crippen molar-refractivity contribution in [2.75, 3.05) is 0 Å². The van der Waals surface area contributed by atoms with Gasteiger partial charge >= 0.3 is 0 Å². The highest BCUT2D eigenvalue weighted by atomic mass is 28.3. The van der Waals surface area contributed by atoms with Crippen LogP contribution in [-0.4, -0.2) is 12.6 Å². The van der Waals surface area contributed by atoms with E-state index in [4.69, 9.17) is 0 Å². The van der Waals surface area contributed by atoms with Crippen LogP contribution in [0.3, 0.4) is 0 Å². The zero-order valence-corrected chi connectivity index (χ0v) is 26.2. The lowest BCUT2D eigenvalue weighted by Crippen LogP contribution is -2.75. The molecule has 0 fully saturated rings.